The molecule has 0 saturated carbocycles. The first kappa shape index (κ1) is 18.4. The summed E-state index contributed by atoms with van der Waals surface area (Å²) in [5, 5.41) is 0. The predicted octanol–water partition coefficient (Wildman–Crippen LogP) is 5.49. The van der Waals surface area contributed by atoms with Crippen LogP contribution >= 0.6 is 11.3 Å². The van der Waals surface area contributed by atoms with E-state index in [1.54, 1.807) is 0 Å². The van der Waals surface area contributed by atoms with Crippen molar-refractivity contribution in [3.8, 4) is 0 Å². The third-order valence-electron chi connectivity index (χ3n) is 4.89. The second-order valence-corrected chi connectivity index (χ2v) is 8.54. The molecule has 27 heavy (non-hydrogen) atoms. The van der Waals surface area contributed by atoms with E-state index in [0.717, 1.165) is 50.6 Å². The summed E-state index contributed by atoms with van der Waals surface area (Å²) in [5.41, 5.74) is 1.26. The lowest BCUT2D eigenvalue weighted by Crippen LogP contribution is -2.21. The Kier molecular flexibility index (Phi) is 6.02. The first-order chi connectivity index (χ1) is 13.3. The molecule has 0 bridgehead atoms. The summed E-state index contributed by atoms with van der Waals surface area (Å²) in [7, 11) is 0. The van der Waals surface area contributed by atoms with Crippen LogP contribution in [0.15, 0.2) is 53.2 Å². The van der Waals surface area contributed by atoms with E-state index in [4.69, 9.17) is 9.15 Å². The van der Waals surface area contributed by atoms with Gasteiger partial charge in [0.1, 0.15) is 17.6 Å². The van der Waals surface area contributed by atoms with Gasteiger partial charge in [-0.1, -0.05) is 0 Å². The van der Waals surface area contributed by atoms with E-state index < -0.39 is 0 Å². The molecular formula is C22H26N2O2S. The van der Waals surface area contributed by atoms with Crippen LogP contribution < -0.4 is 0 Å². The van der Waals surface area contributed by atoms with Crippen molar-refractivity contribution in [3.63, 3.8) is 0 Å². The highest BCUT2D eigenvalue weighted by Crippen LogP contribution is 2.29. The highest BCUT2D eigenvalue weighted by molar-refractivity contribution is 7.11. The molecule has 4 nitrogen and oxygen atoms in total. The molecule has 142 valence electrons. The fourth-order valence-corrected chi connectivity index (χ4v) is 4.48. The number of furan rings is 1. The average Bonchev–Trinajstić information content (AvgIpc) is 3.32. The lowest BCUT2D eigenvalue weighted by molar-refractivity contribution is 0.000787. The Balaban J connectivity index is 1.47. The maximum Gasteiger partial charge on any atom is 0.133 e. The topological polar surface area (TPSA) is 38.5 Å². The van der Waals surface area contributed by atoms with Crippen LogP contribution in [-0.4, -0.2) is 16.5 Å². The third-order valence-corrected chi connectivity index (χ3v) is 5.88. The fourth-order valence-electron chi connectivity index (χ4n) is 3.54. The number of nitrogens with zero attached hydrogens (tertiary/aromatic N) is 2. The molecule has 1 unspecified atom stereocenters. The minimum absolute atomic E-state index is 0.126. The molecule has 0 N–H and O–H groups in total. The number of aryl methyl sites for hydroxylation is 1. The molecule has 0 radical (unpaired) electrons. The standard InChI is InChI=1S/C22H26N2O2S/c1-17-5-7-20(27-17)16-24(14-18-9-11-23-12-10-18)15-19-6-8-22(26-19)21-4-2-3-13-25-21/h5-12,21H,2-4,13-16H2,1H3. The smallest absolute Gasteiger partial charge is 0.133 e. The predicted molar refractivity (Wildman–Crippen MR) is 107 cm³/mol. The maximum absolute atomic E-state index is 6.16. The largest absolute Gasteiger partial charge is 0.462 e. The molecule has 1 aliphatic rings. The normalized spacial score (nSPS) is 17.5. The minimum atomic E-state index is 0.126. The summed E-state index contributed by atoms with van der Waals surface area (Å²) in [6.07, 6.45) is 7.27. The van der Waals surface area contributed by atoms with Gasteiger partial charge in [-0.15, -0.1) is 11.3 Å². The van der Waals surface area contributed by atoms with Crippen molar-refractivity contribution in [1.82, 2.24) is 9.88 Å². The van der Waals surface area contributed by atoms with Crippen molar-refractivity contribution in [3.05, 3.63) is 75.6 Å². The van der Waals surface area contributed by atoms with Crippen LogP contribution in [0.4, 0.5) is 0 Å². The van der Waals surface area contributed by atoms with Crippen LogP contribution in [0.5, 0.6) is 0 Å². The van der Waals surface area contributed by atoms with Crippen molar-refractivity contribution < 1.29 is 9.15 Å². The number of pyridine rings is 1. The molecule has 1 saturated heterocycles. The monoisotopic (exact) mass is 382 g/mol. The van der Waals surface area contributed by atoms with Gasteiger partial charge >= 0.3 is 0 Å². The summed E-state index contributed by atoms with van der Waals surface area (Å²) in [5.74, 6) is 1.97. The zero-order valence-corrected chi connectivity index (χ0v) is 16.6. The van der Waals surface area contributed by atoms with Gasteiger partial charge in [0.2, 0.25) is 0 Å². The maximum atomic E-state index is 6.16. The van der Waals surface area contributed by atoms with E-state index in [1.807, 2.05) is 23.7 Å². The van der Waals surface area contributed by atoms with Gasteiger partial charge in [0.25, 0.3) is 0 Å². The van der Waals surface area contributed by atoms with Crippen LogP contribution in [0, 0.1) is 6.92 Å². The molecule has 3 aromatic rings. The van der Waals surface area contributed by atoms with Crippen LogP contribution in [0.25, 0.3) is 0 Å². The molecule has 0 spiro atoms. The molecule has 4 rings (SSSR count). The van der Waals surface area contributed by atoms with E-state index in [9.17, 15) is 0 Å². The van der Waals surface area contributed by atoms with Crippen LogP contribution in [0.1, 0.15) is 52.2 Å². The molecule has 0 aliphatic carbocycles. The number of hydrogen-bond donors (Lipinski definition) is 0. The molecule has 1 fully saturated rings. The molecule has 4 heterocycles. The number of thiophene rings is 1. The second kappa shape index (κ2) is 8.83. The van der Waals surface area contributed by atoms with E-state index in [1.165, 1.54) is 21.7 Å². The summed E-state index contributed by atoms with van der Waals surface area (Å²) in [6, 6.07) is 12.8. The van der Waals surface area contributed by atoms with Gasteiger partial charge in [0.05, 0.1) is 6.54 Å². The molecule has 1 atom stereocenters. The van der Waals surface area contributed by atoms with E-state index in [2.05, 4.69) is 53.2 Å². The zero-order chi connectivity index (χ0) is 18.5. The number of aromatic nitrogens is 1. The van der Waals surface area contributed by atoms with Crippen molar-refractivity contribution >= 4 is 11.3 Å². The first-order valence-electron chi connectivity index (χ1n) is 9.63. The van der Waals surface area contributed by atoms with Gasteiger partial charge < -0.3 is 9.15 Å². The van der Waals surface area contributed by atoms with Crippen molar-refractivity contribution in [2.45, 2.75) is 51.9 Å². The van der Waals surface area contributed by atoms with Crippen LogP contribution in [0.2, 0.25) is 0 Å². The van der Waals surface area contributed by atoms with Gasteiger partial charge in [0.15, 0.2) is 0 Å². The Morgan fingerprint density at radius 3 is 2.67 bits per heavy atom. The SMILES string of the molecule is Cc1ccc(CN(Cc2ccncc2)Cc2ccc(C3CCCCO3)o2)s1. The highest BCUT2D eigenvalue weighted by Gasteiger charge is 2.20. The molecule has 5 heteroatoms. The number of rotatable bonds is 7. The van der Waals surface area contributed by atoms with Gasteiger partial charge in [-0.2, -0.15) is 0 Å². The van der Waals surface area contributed by atoms with Crippen molar-refractivity contribution in [2.24, 2.45) is 0 Å². The summed E-state index contributed by atoms with van der Waals surface area (Å²) >= 11 is 1.86. The van der Waals surface area contributed by atoms with Gasteiger partial charge in [-0.3, -0.25) is 9.88 Å². The summed E-state index contributed by atoms with van der Waals surface area (Å²) < 4.78 is 12.0. The molecule has 0 amide bonds. The minimum Gasteiger partial charge on any atom is -0.462 e. The van der Waals surface area contributed by atoms with Gasteiger partial charge in [0, 0.05) is 41.8 Å². The highest BCUT2D eigenvalue weighted by atomic mass is 32.1. The first-order valence-corrected chi connectivity index (χ1v) is 10.4. The Morgan fingerprint density at radius 1 is 1.04 bits per heavy atom. The van der Waals surface area contributed by atoms with E-state index in [-0.39, 0.29) is 6.10 Å². The van der Waals surface area contributed by atoms with Crippen LogP contribution in [-0.2, 0) is 24.4 Å². The second-order valence-electron chi connectivity index (χ2n) is 7.17. The average molecular weight is 383 g/mol. The Morgan fingerprint density at radius 2 is 1.93 bits per heavy atom. The third kappa shape index (κ3) is 5.06. The zero-order valence-electron chi connectivity index (χ0n) is 15.8. The van der Waals surface area contributed by atoms with Crippen LogP contribution in [0.3, 0.4) is 0 Å². The Labute approximate surface area is 164 Å². The molecule has 0 aromatic carbocycles. The quantitative estimate of drug-likeness (QED) is 0.542. The summed E-state index contributed by atoms with van der Waals surface area (Å²) in [6.45, 7) is 5.56. The molecule has 1 aliphatic heterocycles. The Bertz CT molecular complexity index is 837. The van der Waals surface area contributed by atoms with Crippen molar-refractivity contribution in [2.75, 3.05) is 6.61 Å². The lowest BCUT2D eigenvalue weighted by atomic mass is 10.1. The lowest BCUT2D eigenvalue weighted by Gasteiger charge is -2.22. The Hall–Kier alpha value is -1.95. The van der Waals surface area contributed by atoms with Gasteiger partial charge in [-0.25, -0.2) is 0 Å². The van der Waals surface area contributed by atoms with E-state index >= 15 is 0 Å². The molecule has 3 aromatic heterocycles. The van der Waals surface area contributed by atoms with Gasteiger partial charge in [-0.05, 0) is 68.1 Å². The van der Waals surface area contributed by atoms with Crippen molar-refractivity contribution in [1.29, 1.82) is 0 Å². The number of hydrogen-bond acceptors (Lipinski definition) is 5. The van der Waals surface area contributed by atoms with E-state index in [0.29, 0.717) is 0 Å². The summed E-state index contributed by atoms with van der Waals surface area (Å²) in [4.78, 5) is 9.28. The fraction of sp³-hybridized carbons (Fsp3) is 0.409. The number of ether oxygens (including phenoxy) is 1. The molecular weight excluding hydrogens is 356 g/mol.